The van der Waals surface area contributed by atoms with E-state index in [1.165, 1.54) is 24.5 Å². The summed E-state index contributed by atoms with van der Waals surface area (Å²) in [6.07, 6.45) is 2.64. The van der Waals surface area contributed by atoms with Crippen LogP contribution in [0.3, 0.4) is 0 Å². The summed E-state index contributed by atoms with van der Waals surface area (Å²) in [4.78, 5) is 30.3. The maximum atomic E-state index is 11.8. The summed E-state index contributed by atoms with van der Waals surface area (Å²) >= 11 is 5.64. The Balaban J connectivity index is 2.13. The molecule has 0 saturated carbocycles. The molecule has 2 rings (SSSR count). The Labute approximate surface area is 113 Å². The van der Waals surface area contributed by atoms with Gasteiger partial charge < -0.3 is 11.1 Å². The van der Waals surface area contributed by atoms with Gasteiger partial charge in [0, 0.05) is 11.3 Å². The number of primary amides is 1. The van der Waals surface area contributed by atoms with Crippen molar-refractivity contribution in [1.82, 2.24) is 9.97 Å². The number of rotatable bonds is 3. The Morgan fingerprint density at radius 1 is 1.16 bits per heavy atom. The Bertz CT molecular complexity index is 628. The highest BCUT2D eigenvalue weighted by molar-refractivity contribution is 6.29. The first-order valence-corrected chi connectivity index (χ1v) is 5.63. The fraction of sp³-hybridized carbons (Fsp3) is 0. The second-order valence-corrected chi connectivity index (χ2v) is 4.01. The van der Waals surface area contributed by atoms with Crippen LogP contribution in [0.1, 0.15) is 20.8 Å². The lowest BCUT2D eigenvalue weighted by Gasteiger charge is -2.05. The molecule has 1 aromatic heterocycles. The lowest BCUT2D eigenvalue weighted by atomic mass is 10.2. The third kappa shape index (κ3) is 3.26. The summed E-state index contributed by atoms with van der Waals surface area (Å²) in [6.45, 7) is 0. The van der Waals surface area contributed by atoms with Crippen LogP contribution in [0.4, 0.5) is 5.69 Å². The van der Waals surface area contributed by atoms with Crippen LogP contribution in [0.2, 0.25) is 5.15 Å². The van der Waals surface area contributed by atoms with Gasteiger partial charge in [0.05, 0.1) is 12.4 Å². The fourth-order valence-corrected chi connectivity index (χ4v) is 1.51. The molecule has 0 atom stereocenters. The number of hydrogen-bond donors (Lipinski definition) is 2. The molecule has 0 spiro atoms. The molecule has 2 amide bonds. The average molecular weight is 277 g/mol. The van der Waals surface area contributed by atoms with E-state index in [-0.39, 0.29) is 10.8 Å². The van der Waals surface area contributed by atoms with Crippen molar-refractivity contribution in [3.05, 3.63) is 53.1 Å². The predicted molar refractivity (Wildman–Crippen MR) is 70.0 cm³/mol. The highest BCUT2D eigenvalue weighted by Crippen LogP contribution is 2.11. The van der Waals surface area contributed by atoms with Gasteiger partial charge in [0.15, 0.2) is 0 Å². The lowest BCUT2D eigenvalue weighted by molar-refractivity contribution is 0.0998. The molecule has 0 aliphatic rings. The van der Waals surface area contributed by atoms with E-state index in [4.69, 9.17) is 17.3 Å². The first-order chi connectivity index (χ1) is 9.06. The van der Waals surface area contributed by atoms with E-state index in [1.54, 1.807) is 12.1 Å². The standard InChI is InChI=1S/C12H9ClN4O2/c13-10-6-15-5-9(17-10)12(19)16-8-3-1-7(2-4-8)11(14)18/h1-6H,(H2,14,18)(H,16,19). The van der Waals surface area contributed by atoms with Gasteiger partial charge in [0.1, 0.15) is 10.8 Å². The molecule has 2 aromatic rings. The van der Waals surface area contributed by atoms with Gasteiger partial charge in [-0.25, -0.2) is 4.98 Å². The number of amides is 2. The molecule has 0 unspecified atom stereocenters. The molecule has 0 bridgehead atoms. The number of carbonyl (C=O) groups excluding carboxylic acids is 2. The fourth-order valence-electron chi connectivity index (χ4n) is 1.36. The number of aromatic nitrogens is 2. The summed E-state index contributed by atoms with van der Waals surface area (Å²) in [6, 6.07) is 6.16. The highest BCUT2D eigenvalue weighted by atomic mass is 35.5. The number of anilines is 1. The minimum atomic E-state index is -0.529. The topological polar surface area (TPSA) is 98.0 Å². The smallest absolute Gasteiger partial charge is 0.275 e. The third-order valence-electron chi connectivity index (χ3n) is 2.27. The molecule has 3 N–H and O–H groups in total. The Morgan fingerprint density at radius 2 is 1.84 bits per heavy atom. The first kappa shape index (κ1) is 13.0. The van der Waals surface area contributed by atoms with E-state index in [2.05, 4.69) is 15.3 Å². The van der Waals surface area contributed by atoms with Gasteiger partial charge in [0.2, 0.25) is 5.91 Å². The van der Waals surface area contributed by atoms with Gasteiger partial charge in [-0.1, -0.05) is 11.6 Å². The number of nitrogens with two attached hydrogens (primary N) is 1. The lowest BCUT2D eigenvalue weighted by Crippen LogP contribution is -2.15. The largest absolute Gasteiger partial charge is 0.366 e. The van der Waals surface area contributed by atoms with E-state index in [1.807, 2.05) is 0 Å². The van der Waals surface area contributed by atoms with Gasteiger partial charge in [-0.3, -0.25) is 14.6 Å². The van der Waals surface area contributed by atoms with Crippen molar-refractivity contribution in [2.45, 2.75) is 0 Å². The third-order valence-corrected chi connectivity index (χ3v) is 2.45. The Hall–Kier alpha value is -2.47. The minimum Gasteiger partial charge on any atom is -0.366 e. The van der Waals surface area contributed by atoms with Gasteiger partial charge in [-0.15, -0.1) is 0 Å². The predicted octanol–water partition coefficient (Wildman–Crippen LogP) is 1.48. The summed E-state index contributed by atoms with van der Waals surface area (Å²) in [5.74, 6) is -0.972. The molecule has 7 heteroatoms. The molecule has 0 aliphatic heterocycles. The Morgan fingerprint density at radius 3 is 2.42 bits per heavy atom. The van der Waals surface area contributed by atoms with Crippen LogP contribution in [0, 0.1) is 0 Å². The molecular weight excluding hydrogens is 268 g/mol. The number of hydrogen-bond acceptors (Lipinski definition) is 4. The highest BCUT2D eigenvalue weighted by Gasteiger charge is 2.09. The summed E-state index contributed by atoms with van der Waals surface area (Å²) < 4.78 is 0. The quantitative estimate of drug-likeness (QED) is 0.887. The van der Waals surface area contributed by atoms with Crippen LogP contribution in [-0.4, -0.2) is 21.8 Å². The minimum absolute atomic E-state index is 0.103. The molecule has 6 nitrogen and oxygen atoms in total. The van der Waals surface area contributed by atoms with Crippen LogP contribution in [0.25, 0.3) is 0 Å². The van der Waals surface area contributed by atoms with Crippen LogP contribution in [0.5, 0.6) is 0 Å². The molecule has 1 heterocycles. The summed E-state index contributed by atoms with van der Waals surface area (Å²) in [5, 5.41) is 2.74. The molecule has 1 aromatic carbocycles. The van der Waals surface area contributed by atoms with Gasteiger partial charge in [-0.2, -0.15) is 0 Å². The van der Waals surface area contributed by atoms with Gasteiger partial charge in [0.25, 0.3) is 5.91 Å². The molecule has 0 saturated heterocycles. The monoisotopic (exact) mass is 276 g/mol. The van der Waals surface area contributed by atoms with Crippen molar-refractivity contribution >= 4 is 29.1 Å². The second-order valence-electron chi connectivity index (χ2n) is 3.62. The summed E-state index contributed by atoms with van der Waals surface area (Å²) in [7, 11) is 0. The molecular formula is C12H9ClN4O2. The summed E-state index contributed by atoms with van der Waals surface area (Å²) in [5.41, 5.74) is 6.09. The van der Waals surface area contributed by atoms with Crippen molar-refractivity contribution < 1.29 is 9.59 Å². The van der Waals surface area contributed by atoms with Crippen LogP contribution in [0.15, 0.2) is 36.7 Å². The van der Waals surface area contributed by atoms with Crippen molar-refractivity contribution in [3.63, 3.8) is 0 Å². The molecule has 0 aliphatic carbocycles. The van der Waals surface area contributed by atoms with E-state index in [0.29, 0.717) is 11.3 Å². The SMILES string of the molecule is NC(=O)c1ccc(NC(=O)c2cncc(Cl)n2)cc1. The molecule has 19 heavy (non-hydrogen) atoms. The number of halogens is 1. The molecule has 0 fully saturated rings. The average Bonchev–Trinajstić information content (AvgIpc) is 2.39. The van der Waals surface area contributed by atoms with E-state index < -0.39 is 11.8 Å². The molecule has 96 valence electrons. The van der Waals surface area contributed by atoms with E-state index in [0.717, 1.165) is 0 Å². The van der Waals surface area contributed by atoms with Crippen LogP contribution < -0.4 is 11.1 Å². The van der Waals surface area contributed by atoms with Gasteiger partial charge >= 0.3 is 0 Å². The maximum absolute atomic E-state index is 11.8. The van der Waals surface area contributed by atoms with Crippen molar-refractivity contribution in [3.8, 4) is 0 Å². The van der Waals surface area contributed by atoms with Crippen LogP contribution in [-0.2, 0) is 0 Å². The maximum Gasteiger partial charge on any atom is 0.275 e. The molecule has 0 radical (unpaired) electrons. The second kappa shape index (κ2) is 5.45. The number of nitrogens with zero attached hydrogens (tertiary/aromatic N) is 2. The van der Waals surface area contributed by atoms with Crippen molar-refractivity contribution in [2.24, 2.45) is 5.73 Å². The van der Waals surface area contributed by atoms with E-state index in [9.17, 15) is 9.59 Å². The van der Waals surface area contributed by atoms with Crippen molar-refractivity contribution in [2.75, 3.05) is 5.32 Å². The normalized spacial score (nSPS) is 9.95. The van der Waals surface area contributed by atoms with Crippen molar-refractivity contribution in [1.29, 1.82) is 0 Å². The zero-order valence-corrected chi connectivity index (χ0v) is 10.4. The number of carbonyl (C=O) groups is 2. The number of nitrogens with one attached hydrogen (secondary N) is 1. The van der Waals surface area contributed by atoms with Gasteiger partial charge in [-0.05, 0) is 24.3 Å². The first-order valence-electron chi connectivity index (χ1n) is 5.25. The Kier molecular flexibility index (Phi) is 3.72. The number of benzene rings is 1. The van der Waals surface area contributed by atoms with E-state index >= 15 is 0 Å². The zero-order chi connectivity index (χ0) is 13.8. The van der Waals surface area contributed by atoms with Crippen LogP contribution >= 0.6 is 11.6 Å². The zero-order valence-electron chi connectivity index (χ0n) is 9.63.